The molecule has 3 aliphatic rings. The molecule has 2 saturated carbocycles. The second kappa shape index (κ2) is 2.59. The lowest BCUT2D eigenvalue weighted by Crippen LogP contribution is -2.35. The van der Waals surface area contributed by atoms with Crippen LogP contribution >= 0.6 is 22.6 Å². The molecule has 2 aliphatic carbocycles. The van der Waals surface area contributed by atoms with Gasteiger partial charge in [0.15, 0.2) is 0 Å². The maximum absolute atomic E-state index is 11.5. The molecule has 6 atom stereocenters. The first-order valence-electron chi connectivity index (χ1n) is 4.69. The van der Waals surface area contributed by atoms with Gasteiger partial charge in [-0.15, -0.1) is 0 Å². The first-order chi connectivity index (χ1) is 6.24. The van der Waals surface area contributed by atoms with Crippen molar-refractivity contribution in [3.05, 3.63) is 0 Å². The van der Waals surface area contributed by atoms with E-state index in [4.69, 9.17) is 4.74 Å². The third-order valence-corrected chi connectivity index (χ3v) is 5.53. The Morgan fingerprint density at radius 1 is 1.54 bits per heavy atom. The topological polar surface area (TPSA) is 46.5 Å². The number of hydrogen-bond acceptors (Lipinski definition) is 3. The average Bonchev–Trinajstić information content (AvgIpc) is 2.68. The maximum Gasteiger partial charge on any atom is 0.310 e. The third kappa shape index (κ3) is 0.862. The number of fused-ring (bicyclic) bond motifs is 1. The molecule has 1 N–H and O–H groups in total. The Bertz CT molecular complexity index is 268. The molecule has 1 heterocycles. The van der Waals surface area contributed by atoms with Crippen LogP contribution in [0.1, 0.15) is 6.42 Å². The number of esters is 1. The zero-order valence-corrected chi connectivity index (χ0v) is 9.18. The van der Waals surface area contributed by atoms with Crippen LogP contribution in [-0.4, -0.2) is 27.7 Å². The van der Waals surface area contributed by atoms with Gasteiger partial charge in [-0.3, -0.25) is 4.79 Å². The highest BCUT2D eigenvalue weighted by molar-refractivity contribution is 14.1. The van der Waals surface area contributed by atoms with Crippen LogP contribution in [0.4, 0.5) is 0 Å². The highest BCUT2D eigenvalue weighted by Gasteiger charge is 2.65. The van der Waals surface area contributed by atoms with E-state index >= 15 is 0 Å². The zero-order chi connectivity index (χ0) is 9.16. The van der Waals surface area contributed by atoms with Gasteiger partial charge in [0.2, 0.25) is 0 Å². The minimum absolute atomic E-state index is 0.0195. The molecule has 0 radical (unpaired) electrons. The van der Waals surface area contributed by atoms with Crippen molar-refractivity contribution in [2.45, 2.75) is 16.4 Å². The highest BCUT2D eigenvalue weighted by Crippen LogP contribution is 2.59. The summed E-state index contributed by atoms with van der Waals surface area (Å²) in [6.07, 6.45) is 1.24. The van der Waals surface area contributed by atoms with Crippen LogP contribution in [0, 0.1) is 23.7 Å². The molecular weight excluding hydrogens is 283 g/mol. The standard InChI is InChI=1S/C9H11IO3/c10-7-3-1-4-6(5(3)2-11)9(12)13-8(4)7/h3-8,11H,1-2H2/t3-,4+,5-,6-,7+,8-/m1/s1. The molecule has 3 nitrogen and oxygen atoms in total. The number of alkyl halides is 1. The number of carbonyl (C=O) groups excluding carboxylic acids is 1. The van der Waals surface area contributed by atoms with Crippen LogP contribution < -0.4 is 0 Å². The SMILES string of the molecule is O=C1O[C@H]2[C@@H](I)[C@@H]3C[C@H]2[C@@H]1[C@@H]3CO. The largest absolute Gasteiger partial charge is 0.461 e. The Labute approximate surface area is 90.0 Å². The lowest BCUT2D eigenvalue weighted by molar-refractivity contribution is -0.144. The summed E-state index contributed by atoms with van der Waals surface area (Å²) >= 11 is 2.37. The van der Waals surface area contributed by atoms with Gasteiger partial charge in [0, 0.05) is 12.5 Å². The molecule has 13 heavy (non-hydrogen) atoms. The summed E-state index contributed by atoms with van der Waals surface area (Å²) in [5.41, 5.74) is 0. The van der Waals surface area contributed by atoms with Crippen molar-refractivity contribution in [2.24, 2.45) is 23.7 Å². The molecule has 1 aliphatic heterocycles. The fourth-order valence-corrected chi connectivity index (χ4v) is 4.87. The van der Waals surface area contributed by atoms with Gasteiger partial charge < -0.3 is 9.84 Å². The van der Waals surface area contributed by atoms with Crippen molar-refractivity contribution in [2.75, 3.05) is 6.61 Å². The first kappa shape index (κ1) is 8.47. The van der Waals surface area contributed by atoms with Gasteiger partial charge in [-0.25, -0.2) is 0 Å². The molecule has 0 aromatic heterocycles. The Balaban J connectivity index is 2.01. The van der Waals surface area contributed by atoms with E-state index in [9.17, 15) is 9.90 Å². The first-order valence-corrected chi connectivity index (χ1v) is 5.94. The monoisotopic (exact) mass is 294 g/mol. The summed E-state index contributed by atoms with van der Waals surface area (Å²) < 4.78 is 5.76. The van der Waals surface area contributed by atoms with Crippen LogP contribution in [0.5, 0.6) is 0 Å². The molecular formula is C9H11IO3. The lowest BCUT2D eigenvalue weighted by Gasteiger charge is -2.26. The fourth-order valence-electron chi connectivity index (χ4n) is 3.37. The van der Waals surface area contributed by atoms with Crippen LogP contribution in [-0.2, 0) is 9.53 Å². The summed E-state index contributed by atoms with van der Waals surface area (Å²) in [7, 11) is 0. The molecule has 0 unspecified atom stereocenters. The van der Waals surface area contributed by atoms with Crippen LogP contribution in [0.2, 0.25) is 0 Å². The predicted octanol–water partition coefficient (Wildman–Crippen LogP) is 0.590. The van der Waals surface area contributed by atoms with E-state index in [1.807, 2.05) is 0 Å². The molecule has 0 spiro atoms. The summed E-state index contributed by atoms with van der Waals surface area (Å²) in [6.45, 7) is 0.146. The van der Waals surface area contributed by atoms with Gasteiger partial charge in [-0.05, 0) is 18.3 Å². The number of rotatable bonds is 1. The van der Waals surface area contributed by atoms with E-state index in [1.165, 1.54) is 0 Å². The molecule has 72 valence electrons. The van der Waals surface area contributed by atoms with Gasteiger partial charge in [0.1, 0.15) is 6.10 Å². The van der Waals surface area contributed by atoms with E-state index in [1.54, 1.807) is 0 Å². The van der Waals surface area contributed by atoms with Crippen molar-refractivity contribution in [3.8, 4) is 0 Å². The lowest BCUT2D eigenvalue weighted by atomic mass is 9.80. The minimum atomic E-state index is -0.0595. The Morgan fingerprint density at radius 3 is 3.00 bits per heavy atom. The fraction of sp³-hybridized carbons (Fsp3) is 0.889. The molecule has 2 bridgehead atoms. The molecule has 4 heteroatoms. The predicted molar refractivity (Wildman–Crippen MR) is 53.4 cm³/mol. The number of halogens is 1. The van der Waals surface area contributed by atoms with E-state index in [0.29, 0.717) is 15.8 Å². The van der Waals surface area contributed by atoms with Gasteiger partial charge >= 0.3 is 5.97 Å². The number of carbonyl (C=O) groups is 1. The normalized spacial score (nSPS) is 57.2. The van der Waals surface area contributed by atoms with E-state index < -0.39 is 0 Å². The summed E-state index contributed by atoms with van der Waals surface area (Å²) in [5.74, 6) is 1.06. The van der Waals surface area contributed by atoms with Crippen LogP contribution in [0.15, 0.2) is 0 Å². The summed E-state index contributed by atoms with van der Waals surface area (Å²) in [5, 5.41) is 9.23. The van der Waals surface area contributed by atoms with Crippen LogP contribution in [0.25, 0.3) is 0 Å². The van der Waals surface area contributed by atoms with Gasteiger partial charge in [-0.1, -0.05) is 22.6 Å². The van der Waals surface area contributed by atoms with E-state index in [0.717, 1.165) is 6.42 Å². The molecule has 0 aromatic carbocycles. The second-order valence-corrected chi connectivity index (χ2v) is 5.72. The van der Waals surface area contributed by atoms with E-state index in [2.05, 4.69) is 22.6 Å². The highest BCUT2D eigenvalue weighted by atomic mass is 127. The third-order valence-electron chi connectivity index (χ3n) is 3.90. The Morgan fingerprint density at radius 2 is 2.31 bits per heavy atom. The number of ether oxygens (including phenoxy) is 1. The quantitative estimate of drug-likeness (QED) is 0.437. The maximum atomic E-state index is 11.5. The van der Waals surface area contributed by atoms with Crippen molar-refractivity contribution in [1.29, 1.82) is 0 Å². The van der Waals surface area contributed by atoms with Gasteiger partial charge in [-0.2, -0.15) is 0 Å². The second-order valence-electron chi connectivity index (χ2n) is 4.28. The smallest absolute Gasteiger partial charge is 0.310 e. The van der Waals surface area contributed by atoms with Crippen molar-refractivity contribution in [1.82, 2.24) is 0 Å². The van der Waals surface area contributed by atoms with Crippen molar-refractivity contribution in [3.63, 3.8) is 0 Å². The van der Waals surface area contributed by atoms with E-state index in [-0.39, 0.29) is 30.5 Å². The van der Waals surface area contributed by atoms with Gasteiger partial charge in [0.05, 0.1) is 9.84 Å². The van der Waals surface area contributed by atoms with Crippen molar-refractivity contribution >= 4 is 28.6 Å². The molecule has 1 saturated heterocycles. The molecule has 3 fully saturated rings. The summed E-state index contributed by atoms with van der Waals surface area (Å²) in [6, 6.07) is 0. The van der Waals surface area contributed by atoms with Crippen LogP contribution in [0.3, 0.4) is 0 Å². The Hall–Kier alpha value is 0.160. The minimum Gasteiger partial charge on any atom is -0.461 e. The average molecular weight is 294 g/mol. The Kier molecular flexibility index (Phi) is 1.69. The van der Waals surface area contributed by atoms with Gasteiger partial charge in [0.25, 0.3) is 0 Å². The zero-order valence-electron chi connectivity index (χ0n) is 7.02. The van der Waals surface area contributed by atoms with Crippen molar-refractivity contribution < 1.29 is 14.6 Å². The number of aliphatic hydroxyl groups excluding tert-OH is 1. The summed E-state index contributed by atoms with van der Waals surface area (Å²) in [4.78, 5) is 11.5. The molecule has 3 rings (SSSR count). The number of hydrogen-bond donors (Lipinski definition) is 1. The molecule has 0 amide bonds. The molecule has 0 aromatic rings. The number of aliphatic hydroxyl groups is 1.